The first-order chi connectivity index (χ1) is 15.2. The van der Waals surface area contributed by atoms with Crippen LogP contribution in [0.2, 0.25) is 0 Å². The first-order valence-corrected chi connectivity index (χ1v) is 10.3. The zero-order valence-corrected chi connectivity index (χ0v) is 17.0. The summed E-state index contributed by atoms with van der Waals surface area (Å²) in [5.74, 6) is 1.84. The van der Waals surface area contributed by atoms with Gasteiger partial charge in [0.1, 0.15) is 5.75 Å². The molecule has 0 amide bonds. The second-order valence-electron chi connectivity index (χ2n) is 7.59. The number of phenolic OH excluding ortho intramolecular Hbond substituents is 1. The van der Waals surface area contributed by atoms with Crippen LogP contribution >= 0.6 is 0 Å². The summed E-state index contributed by atoms with van der Waals surface area (Å²) in [6.07, 6.45) is 3.40. The minimum atomic E-state index is 0.248. The van der Waals surface area contributed by atoms with Crippen molar-refractivity contribution in [2.75, 3.05) is 6.73 Å². The standard InChI is InChI=1S/C26H23N3O2/c30-22-13-11-21(12-14-22)24-17-29-18-31-25(16-20-9-5-2-6-10-20)28-26(29)23(27-24)15-19-7-3-1-4-8-19/h1-14,17,27,30H,15-16,18H2. The van der Waals surface area contributed by atoms with E-state index in [1.54, 1.807) is 12.1 Å². The molecule has 0 radical (unpaired) electrons. The molecular formula is C26H23N3O2. The zero-order valence-electron chi connectivity index (χ0n) is 17.0. The maximum absolute atomic E-state index is 9.64. The minimum Gasteiger partial charge on any atom is -0.508 e. The van der Waals surface area contributed by atoms with E-state index in [-0.39, 0.29) is 5.75 Å². The lowest BCUT2D eigenvalue weighted by Crippen LogP contribution is -2.36. The molecule has 0 aromatic heterocycles. The number of nitrogens with zero attached hydrogens (tertiary/aromatic N) is 2. The maximum Gasteiger partial charge on any atom is 0.196 e. The van der Waals surface area contributed by atoms with Crippen LogP contribution in [-0.2, 0) is 17.6 Å². The molecule has 0 saturated heterocycles. The van der Waals surface area contributed by atoms with Gasteiger partial charge in [0.15, 0.2) is 18.4 Å². The van der Waals surface area contributed by atoms with Crippen LogP contribution in [0, 0.1) is 0 Å². The minimum absolute atomic E-state index is 0.248. The third-order valence-corrected chi connectivity index (χ3v) is 5.31. The van der Waals surface area contributed by atoms with Gasteiger partial charge in [0, 0.05) is 19.0 Å². The van der Waals surface area contributed by atoms with Crippen molar-refractivity contribution in [3.8, 4) is 5.75 Å². The molecule has 0 aliphatic carbocycles. The molecule has 2 aliphatic heterocycles. The molecule has 2 heterocycles. The van der Waals surface area contributed by atoms with Crippen LogP contribution in [0.3, 0.4) is 0 Å². The Morgan fingerprint density at radius 1 is 0.839 bits per heavy atom. The molecular weight excluding hydrogens is 386 g/mol. The molecule has 5 heteroatoms. The Balaban J connectivity index is 1.49. The molecule has 0 saturated carbocycles. The fourth-order valence-corrected chi connectivity index (χ4v) is 3.74. The van der Waals surface area contributed by atoms with Gasteiger partial charge in [-0.3, -0.25) is 4.90 Å². The van der Waals surface area contributed by atoms with Gasteiger partial charge in [-0.15, -0.1) is 0 Å². The SMILES string of the molecule is Oc1ccc(C2=CN3COC(Cc4ccccc4)=NC3=C(Cc3ccccc3)N2)cc1. The maximum atomic E-state index is 9.64. The summed E-state index contributed by atoms with van der Waals surface area (Å²) in [5.41, 5.74) is 5.33. The molecule has 0 atom stereocenters. The first-order valence-electron chi connectivity index (χ1n) is 10.3. The largest absolute Gasteiger partial charge is 0.508 e. The Labute approximate surface area is 181 Å². The van der Waals surface area contributed by atoms with Gasteiger partial charge in [0.25, 0.3) is 0 Å². The second-order valence-corrected chi connectivity index (χ2v) is 7.59. The molecule has 3 aromatic rings. The highest BCUT2D eigenvalue weighted by molar-refractivity contribution is 5.81. The van der Waals surface area contributed by atoms with E-state index in [4.69, 9.17) is 9.73 Å². The lowest BCUT2D eigenvalue weighted by molar-refractivity contribution is 0.164. The van der Waals surface area contributed by atoms with Crippen molar-refractivity contribution < 1.29 is 9.84 Å². The lowest BCUT2D eigenvalue weighted by Gasteiger charge is -2.34. The number of aromatic hydroxyl groups is 1. The van der Waals surface area contributed by atoms with Crippen LogP contribution in [0.4, 0.5) is 0 Å². The van der Waals surface area contributed by atoms with Crippen LogP contribution in [0.25, 0.3) is 5.70 Å². The zero-order chi connectivity index (χ0) is 21.0. The molecule has 0 spiro atoms. The van der Waals surface area contributed by atoms with Gasteiger partial charge >= 0.3 is 0 Å². The monoisotopic (exact) mass is 409 g/mol. The number of rotatable bonds is 5. The molecule has 3 aromatic carbocycles. The van der Waals surface area contributed by atoms with E-state index in [9.17, 15) is 5.11 Å². The van der Waals surface area contributed by atoms with Gasteiger partial charge < -0.3 is 15.2 Å². The summed E-state index contributed by atoms with van der Waals surface area (Å²) in [6, 6.07) is 27.8. The normalized spacial score (nSPS) is 15.4. The number of hydrogen-bond donors (Lipinski definition) is 2. The van der Waals surface area contributed by atoms with Crippen LogP contribution in [0.1, 0.15) is 16.7 Å². The molecule has 0 bridgehead atoms. The number of benzene rings is 3. The highest BCUT2D eigenvalue weighted by Gasteiger charge is 2.26. The Bertz CT molecular complexity index is 1150. The smallest absolute Gasteiger partial charge is 0.196 e. The predicted octanol–water partition coefficient (Wildman–Crippen LogP) is 4.64. The average molecular weight is 409 g/mol. The molecule has 0 fully saturated rings. The lowest BCUT2D eigenvalue weighted by atomic mass is 10.1. The number of aliphatic imine (C=N–C) groups is 1. The molecule has 0 unspecified atom stereocenters. The van der Waals surface area contributed by atoms with Crippen molar-refractivity contribution >= 4 is 11.6 Å². The Hall–Kier alpha value is -3.99. The number of allylic oxidation sites excluding steroid dienone is 1. The summed E-state index contributed by atoms with van der Waals surface area (Å²) in [4.78, 5) is 6.91. The number of ether oxygens (including phenoxy) is 1. The van der Waals surface area contributed by atoms with Crippen LogP contribution in [0.5, 0.6) is 5.75 Å². The van der Waals surface area contributed by atoms with Crippen molar-refractivity contribution in [1.82, 2.24) is 10.2 Å². The summed E-state index contributed by atoms with van der Waals surface area (Å²) in [7, 11) is 0. The van der Waals surface area contributed by atoms with E-state index in [0.29, 0.717) is 19.0 Å². The molecule has 5 rings (SSSR count). The van der Waals surface area contributed by atoms with E-state index < -0.39 is 0 Å². The molecule has 5 nitrogen and oxygen atoms in total. The van der Waals surface area contributed by atoms with Crippen LogP contribution in [0.15, 0.2) is 108 Å². The Morgan fingerprint density at radius 2 is 1.48 bits per heavy atom. The summed E-state index contributed by atoms with van der Waals surface area (Å²) in [6.45, 7) is 0.405. The number of nitrogens with one attached hydrogen (secondary N) is 1. The summed E-state index contributed by atoms with van der Waals surface area (Å²) >= 11 is 0. The summed E-state index contributed by atoms with van der Waals surface area (Å²) < 4.78 is 5.98. The van der Waals surface area contributed by atoms with Gasteiger partial charge in [-0.05, 0) is 41.0 Å². The third kappa shape index (κ3) is 4.31. The fourth-order valence-electron chi connectivity index (χ4n) is 3.74. The van der Waals surface area contributed by atoms with Gasteiger partial charge in [-0.2, -0.15) is 4.99 Å². The molecule has 2 aliphatic rings. The molecule has 31 heavy (non-hydrogen) atoms. The molecule has 154 valence electrons. The molecule has 2 N–H and O–H groups in total. The van der Waals surface area contributed by atoms with Crippen molar-refractivity contribution in [2.24, 2.45) is 4.99 Å². The van der Waals surface area contributed by atoms with Crippen LogP contribution in [-0.4, -0.2) is 22.6 Å². The van der Waals surface area contributed by atoms with Crippen molar-refractivity contribution in [3.63, 3.8) is 0 Å². The number of fused-ring (bicyclic) bond motifs is 1. The predicted molar refractivity (Wildman–Crippen MR) is 122 cm³/mol. The highest BCUT2D eigenvalue weighted by atomic mass is 16.5. The van der Waals surface area contributed by atoms with E-state index in [1.165, 1.54) is 11.1 Å². The third-order valence-electron chi connectivity index (χ3n) is 5.31. The van der Waals surface area contributed by atoms with Gasteiger partial charge in [0.2, 0.25) is 0 Å². The van der Waals surface area contributed by atoms with E-state index in [1.807, 2.05) is 59.6 Å². The van der Waals surface area contributed by atoms with E-state index >= 15 is 0 Å². The topological polar surface area (TPSA) is 57.1 Å². The fraction of sp³-hybridized carbons (Fsp3) is 0.115. The van der Waals surface area contributed by atoms with Crippen LogP contribution < -0.4 is 5.32 Å². The van der Waals surface area contributed by atoms with Gasteiger partial charge in [0.05, 0.1) is 11.4 Å². The van der Waals surface area contributed by atoms with Crippen molar-refractivity contribution in [3.05, 3.63) is 119 Å². The Morgan fingerprint density at radius 3 is 2.16 bits per heavy atom. The van der Waals surface area contributed by atoms with Gasteiger partial charge in [-0.1, -0.05) is 60.7 Å². The number of phenols is 1. The van der Waals surface area contributed by atoms with E-state index in [0.717, 1.165) is 29.2 Å². The van der Waals surface area contributed by atoms with Crippen molar-refractivity contribution in [2.45, 2.75) is 12.8 Å². The average Bonchev–Trinajstić information content (AvgIpc) is 2.81. The van der Waals surface area contributed by atoms with Gasteiger partial charge in [-0.25, -0.2) is 0 Å². The Kier molecular flexibility index (Phi) is 5.15. The number of hydrogen-bond acceptors (Lipinski definition) is 5. The van der Waals surface area contributed by atoms with Crippen molar-refractivity contribution in [1.29, 1.82) is 0 Å². The summed E-state index contributed by atoms with van der Waals surface area (Å²) in [5, 5.41) is 13.2. The quantitative estimate of drug-likeness (QED) is 0.645. The first kappa shape index (κ1) is 19.0. The second kappa shape index (κ2) is 8.40. The van der Waals surface area contributed by atoms with E-state index in [2.05, 4.69) is 29.6 Å². The highest BCUT2D eigenvalue weighted by Crippen LogP contribution is 2.29.